The van der Waals surface area contributed by atoms with Crippen molar-refractivity contribution in [2.75, 3.05) is 13.3 Å². The molecule has 100 valence electrons. The number of hydrogen-bond donors (Lipinski definition) is 2. The summed E-state index contributed by atoms with van der Waals surface area (Å²) in [7, 11) is -1.16. The number of hydrogen-bond acceptors (Lipinski definition) is 6. The molecule has 0 aliphatic carbocycles. The Morgan fingerprint density at radius 2 is 2.42 bits per heavy atom. The molecule has 8 heteroatoms. The van der Waals surface area contributed by atoms with E-state index in [-0.39, 0.29) is 19.2 Å². The number of ether oxygens (including phenoxy) is 1. The third-order valence-electron chi connectivity index (χ3n) is 2.78. The molecule has 0 radical (unpaired) electrons. The zero-order valence-corrected chi connectivity index (χ0v) is 10.3. The summed E-state index contributed by atoms with van der Waals surface area (Å²) in [5.74, 6) is 0.194. The Kier molecular flexibility index (Phi) is 4.13. The molecule has 0 spiro atoms. The van der Waals surface area contributed by atoms with Gasteiger partial charge < -0.3 is 19.7 Å². The van der Waals surface area contributed by atoms with Crippen molar-refractivity contribution < 1.29 is 19.2 Å². The second-order valence-electron chi connectivity index (χ2n) is 4.07. The minimum atomic E-state index is -1.16. The van der Waals surface area contributed by atoms with Crippen LogP contribution in [0.15, 0.2) is 23.4 Å². The quantitative estimate of drug-likeness (QED) is 0.431. The zero-order valence-electron chi connectivity index (χ0n) is 10.3. The molecule has 1 amide bonds. The Balaban J connectivity index is 2.18. The Bertz CT molecular complexity index is 496. The lowest BCUT2D eigenvalue weighted by Crippen LogP contribution is -2.32. The molecule has 1 aliphatic heterocycles. The fourth-order valence-corrected chi connectivity index (χ4v) is 1.95. The largest absolute Gasteiger partial charge is 0.495 e. The van der Waals surface area contributed by atoms with Crippen LogP contribution in [-0.4, -0.2) is 31.3 Å². The summed E-state index contributed by atoms with van der Waals surface area (Å²) >= 11 is 0. The highest BCUT2D eigenvalue weighted by atomic mass is 16.5. The molecule has 1 unspecified atom stereocenters. The van der Waals surface area contributed by atoms with Gasteiger partial charge in [0.25, 0.3) is 0 Å². The second-order valence-corrected chi connectivity index (χ2v) is 4.07. The average molecular weight is 264 g/mol. The summed E-state index contributed by atoms with van der Waals surface area (Å²) in [6.45, 7) is 1.30. The maximum absolute atomic E-state index is 10.8. The number of carbonyl (C=O) groups is 1. The van der Waals surface area contributed by atoms with Crippen molar-refractivity contribution in [1.82, 2.24) is 5.32 Å². The van der Waals surface area contributed by atoms with Gasteiger partial charge in [0.05, 0.1) is 6.10 Å². The van der Waals surface area contributed by atoms with Gasteiger partial charge in [0.1, 0.15) is 12.3 Å². The fraction of sp³-hybridized carbons (Fsp3) is 0.364. The first-order valence-corrected chi connectivity index (χ1v) is 5.76. The van der Waals surface area contributed by atoms with Crippen LogP contribution >= 0.6 is 0 Å². The number of nitrogens with one attached hydrogen (secondary N) is 1. The summed E-state index contributed by atoms with van der Waals surface area (Å²) in [6.07, 6.45) is -0.563. The van der Waals surface area contributed by atoms with Gasteiger partial charge in [-0.25, -0.2) is 0 Å². The van der Waals surface area contributed by atoms with Gasteiger partial charge in [-0.2, -0.15) is 4.91 Å². The highest BCUT2D eigenvalue weighted by Crippen LogP contribution is 2.27. The SMILES string of the molecule is CC(=O)NCOc1cccc2c1B(O)OC2CN=O. The maximum atomic E-state index is 10.8. The van der Waals surface area contributed by atoms with E-state index in [0.29, 0.717) is 16.8 Å². The van der Waals surface area contributed by atoms with E-state index in [1.165, 1.54) is 6.92 Å². The molecule has 2 N–H and O–H groups in total. The first-order chi connectivity index (χ1) is 9.13. The fourth-order valence-electron chi connectivity index (χ4n) is 1.95. The number of carbonyl (C=O) groups excluding carboxylic acids is 1. The Morgan fingerprint density at radius 3 is 3.11 bits per heavy atom. The van der Waals surface area contributed by atoms with E-state index < -0.39 is 13.2 Å². The van der Waals surface area contributed by atoms with Gasteiger partial charge in [-0.05, 0) is 11.6 Å². The van der Waals surface area contributed by atoms with E-state index >= 15 is 0 Å². The van der Waals surface area contributed by atoms with Crippen LogP contribution in [0.4, 0.5) is 0 Å². The molecule has 19 heavy (non-hydrogen) atoms. The molecule has 0 saturated carbocycles. The molecule has 1 atom stereocenters. The van der Waals surface area contributed by atoms with Crippen LogP contribution in [0.1, 0.15) is 18.6 Å². The van der Waals surface area contributed by atoms with Crippen LogP contribution in [0.2, 0.25) is 0 Å². The second kappa shape index (κ2) is 5.81. The summed E-state index contributed by atoms with van der Waals surface area (Å²) in [4.78, 5) is 21.1. The van der Waals surface area contributed by atoms with Gasteiger partial charge in [0, 0.05) is 12.4 Å². The molecule has 2 rings (SSSR count). The Morgan fingerprint density at radius 1 is 1.63 bits per heavy atom. The number of nitroso groups, excluding NO2 is 1. The summed E-state index contributed by atoms with van der Waals surface area (Å²) in [5, 5.41) is 15.1. The Labute approximate surface area is 110 Å². The van der Waals surface area contributed by atoms with Crippen molar-refractivity contribution >= 4 is 18.5 Å². The van der Waals surface area contributed by atoms with Crippen LogP contribution in [0.3, 0.4) is 0 Å². The van der Waals surface area contributed by atoms with Gasteiger partial charge in [0.2, 0.25) is 5.91 Å². The molecule has 1 aromatic rings. The van der Waals surface area contributed by atoms with Crippen LogP contribution in [0.5, 0.6) is 5.75 Å². The van der Waals surface area contributed by atoms with Crippen molar-refractivity contribution in [2.45, 2.75) is 13.0 Å². The van der Waals surface area contributed by atoms with E-state index in [4.69, 9.17) is 9.39 Å². The number of benzene rings is 1. The molecule has 1 aromatic carbocycles. The van der Waals surface area contributed by atoms with Crippen molar-refractivity contribution in [3.05, 3.63) is 28.7 Å². The molecule has 1 aliphatic rings. The first-order valence-electron chi connectivity index (χ1n) is 5.76. The van der Waals surface area contributed by atoms with E-state index in [1.807, 2.05) is 0 Å². The van der Waals surface area contributed by atoms with Crippen LogP contribution in [-0.2, 0) is 9.45 Å². The van der Waals surface area contributed by atoms with Crippen LogP contribution < -0.4 is 15.5 Å². The summed E-state index contributed by atoms with van der Waals surface area (Å²) < 4.78 is 10.6. The summed E-state index contributed by atoms with van der Waals surface area (Å²) in [5.41, 5.74) is 1.15. The minimum absolute atomic E-state index is 0.00486. The molecular weight excluding hydrogens is 251 g/mol. The molecule has 0 aromatic heterocycles. The standard InChI is InChI=1S/C11H13BN2O5/c1-7(15)13-6-18-9-4-2-3-8-10(5-14-17)19-12(16)11(8)9/h2-4,10,16H,5-6H2,1H3,(H,13,15). The average Bonchev–Trinajstić information content (AvgIpc) is 2.68. The number of rotatable bonds is 5. The van der Waals surface area contributed by atoms with E-state index in [0.717, 1.165) is 0 Å². The molecule has 7 nitrogen and oxygen atoms in total. The highest BCUT2D eigenvalue weighted by molar-refractivity contribution is 6.62. The van der Waals surface area contributed by atoms with Gasteiger partial charge >= 0.3 is 7.12 Å². The lowest BCUT2D eigenvalue weighted by Gasteiger charge is -2.11. The molecule has 0 bridgehead atoms. The van der Waals surface area contributed by atoms with Gasteiger partial charge in [0.15, 0.2) is 6.73 Å². The Hall–Kier alpha value is -1.93. The molecule has 0 fully saturated rings. The van der Waals surface area contributed by atoms with Crippen molar-refractivity contribution in [3.8, 4) is 5.75 Å². The predicted molar refractivity (Wildman–Crippen MR) is 67.8 cm³/mol. The van der Waals surface area contributed by atoms with Crippen LogP contribution in [0.25, 0.3) is 0 Å². The monoisotopic (exact) mass is 264 g/mol. The third-order valence-corrected chi connectivity index (χ3v) is 2.78. The number of amides is 1. The molecular formula is C11H13BN2O5. The van der Waals surface area contributed by atoms with Crippen LogP contribution in [0, 0.1) is 4.91 Å². The van der Waals surface area contributed by atoms with Gasteiger partial charge in [-0.15, -0.1) is 0 Å². The smallest absolute Gasteiger partial charge is 0.474 e. The lowest BCUT2D eigenvalue weighted by atomic mass is 9.78. The van der Waals surface area contributed by atoms with Gasteiger partial charge in [-0.3, -0.25) is 4.79 Å². The van der Waals surface area contributed by atoms with Crippen molar-refractivity contribution in [1.29, 1.82) is 0 Å². The van der Waals surface area contributed by atoms with E-state index in [2.05, 4.69) is 10.5 Å². The van der Waals surface area contributed by atoms with E-state index in [1.54, 1.807) is 18.2 Å². The van der Waals surface area contributed by atoms with E-state index in [9.17, 15) is 14.7 Å². The topological polar surface area (TPSA) is 97.2 Å². The molecule has 0 saturated heterocycles. The maximum Gasteiger partial charge on any atom is 0.495 e. The number of fused-ring (bicyclic) bond motifs is 1. The van der Waals surface area contributed by atoms with Crippen molar-refractivity contribution in [2.24, 2.45) is 5.18 Å². The highest BCUT2D eigenvalue weighted by Gasteiger charge is 2.37. The predicted octanol–water partition coefficient (Wildman–Crippen LogP) is -0.316. The third kappa shape index (κ3) is 2.91. The van der Waals surface area contributed by atoms with Gasteiger partial charge in [-0.1, -0.05) is 17.3 Å². The zero-order chi connectivity index (χ0) is 13.8. The minimum Gasteiger partial charge on any atom is -0.474 e. The van der Waals surface area contributed by atoms with Crippen molar-refractivity contribution in [3.63, 3.8) is 0 Å². The number of nitrogens with zero attached hydrogens (tertiary/aromatic N) is 1. The summed E-state index contributed by atoms with van der Waals surface area (Å²) in [6, 6.07) is 5.12. The lowest BCUT2D eigenvalue weighted by molar-refractivity contribution is -0.119. The molecule has 1 heterocycles. The normalized spacial score (nSPS) is 16.9. The first kappa shape index (κ1) is 13.5.